The molecule has 10 heteroatoms. The van der Waals surface area contributed by atoms with Crippen molar-refractivity contribution in [2.24, 2.45) is 22.7 Å². The highest BCUT2D eigenvalue weighted by Gasteiger charge is 2.78. The Hall–Kier alpha value is -2.08. The van der Waals surface area contributed by atoms with Crippen LogP contribution in [0.3, 0.4) is 0 Å². The lowest BCUT2D eigenvalue weighted by molar-refractivity contribution is -0.363. The van der Waals surface area contributed by atoms with Crippen molar-refractivity contribution in [1.82, 2.24) is 0 Å². The van der Waals surface area contributed by atoms with Crippen LogP contribution in [-0.2, 0) is 23.4 Å². The zero-order valence-electron chi connectivity index (χ0n) is 29.0. The van der Waals surface area contributed by atoms with Crippen molar-refractivity contribution >= 4 is 20.3 Å². The van der Waals surface area contributed by atoms with Gasteiger partial charge in [-0.15, -0.1) is 0 Å². The summed E-state index contributed by atoms with van der Waals surface area (Å²) in [5, 5.41) is 38.2. The number of carbonyl (C=O) groups excluding carboxylic acids is 2. The van der Waals surface area contributed by atoms with E-state index in [-0.39, 0.29) is 18.9 Å². The molecule has 4 aliphatic rings. The highest BCUT2D eigenvalue weighted by atomic mass is 28.4. The quantitative estimate of drug-likeness (QED) is 0.197. The summed E-state index contributed by atoms with van der Waals surface area (Å²) < 4.78 is 26.2. The van der Waals surface area contributed by atoms with E-state index in [0.717, 1.165) is 23.7 Å². The highest BCUT2D eigenvalue weighted by molar-refractivity contribution is 6.73. The van der Waals surface area contributed by atoms with Gasteiger partial charge in [0, 0.05) is 24.2 Å². The molecule has 10 atom stereocenters. The van der Waals surface area contributed by atoms with E-state index >= 15 is 0 Å². The molecule has 46 heavy (non-hydrogen) atoms. The van der Waals surface area contributed by atoms with Gasteiger partial charge in [0.05, 0.1) is 30.3 Å². The molecule has 2 bridgehead atoms. The lowest BCUT2D eigenvalue weighted by Crippen LogP contribution is -2.82. The lowest BCUT2D eigenvalue weighted by atomic mass is 9.44. The third-order valence-electron chi connectivity index (χ3n) is 12.8. The topological polar surface area (TPSA) is 132 Å². The number of fused-ring (bicyclic) bond motifs is 5. The van der Waals surface area contributed by atoms with Gasteiger partial charge in [-0.3, -0.25) is 4.79 Å². The zero-order chi connectivity index (χ0) is 34.0. The molecule has 1 aliphatic heterocycles. The van der Waals surface area contributed by atoms with E-state index in [1.165, 1.54) is 6.92 Å². The van der Waals surface area contributed by atoms with Crippen molar-refractivity contribution in [3.8, 4) is 0 Å². The van der Waals surface area contributed by atoms with Crippen LogP contribution in [0.25, 0.3) is 0 Å². The molecule has 1 aromatic carbocycles. The molecular formula is C36H54O9Si. The summed E-state index contributed by atoms with van der Waals surface area (Å²) in [7, 11) is -2.34. The summed E-state index contributed by atoms with van der Waals surface area (Å²) in [5.74, 6) is -2.37. The molecule has 0 amide bonds. The monoisotopic (exact) mass is 658 g/mol. The van der Waals surface area contributed by atoms with E-state index in [0.29, 0.717) is 17.6 Å². The SMILES string of the molecule is CC[Si](CC)(CC)OC1C[C@H]2OC[C@@]2(OC(C)=O)[C@H]2[C@H](OC(=O)c3ccccc3)[C@]3(O)CC(C)C(C)=C([C@H](O)[C@H](O)[C@]12C)C3(C)C. The number of benzene rings is 1. The van der Waals surface area contributed by atoms with Crippen LogP contribution in [0.1, 0.15) is 85.5 Å². The van der Waals surface area contributed by atoms with Crippen LogP contribution in [0.2, 0.25) is 18.1 Å². The second-order valence-corrected chi connectivity index (χ2v) is 19.8. The van der Waals surface area contributed by atoms with Crippen LogP contribution in [0.15, 0.2) is 41.5 Å². The molecule has 2 saturated carbocycles. The van der Waals surface area contributed by atoms with E-state index in [4.69, 9.17) is 18.6 Å². The molecule has 1 heterocycles. The number of allylic oxidation sites excluding steroid dienone is 1. The van der Waals surface area contributed by atoms with Crippen LogP contribution >= 0.6 is 0 Å². The predicted octanol–water partition coefficient (Wildman–Crippen LogP) is 5.18. The summed E-state index contributed by atoms with van der Waals surface area (Å²) in [4.78, 5) is 27.0. The molecule has 1 aromatic rings. The fourth-order valence-electron chi connectivity index (χ4n) is 9.60. The predicted molar refractivity (Wildman–Crippen MR) is 175 cm³/mol. The van der Waals surface area contributed by atoms with Crippen molar-refractivity contribution in [3.05, 3.63) is 47.0 Å². The first-order chi connectivity index (χ1) is 21.5. The molecular weight excluding hydrogens is 604 g/mol. The Morgan fingerprint density at radius 2 is 1.65 bits per heavy atom. The van der Waals surface area contributed by atoms with Gasteiger partial charge in [-0.25, -0.2) is 4.79 Å². The van der Waals surface area contributed by atoms with Crippen molar-refractivity contribution < 1.29 is 43.5 Å². The molecule has 3 N–H and O–H groups in total. The van der Waals surface area contributed by atoms with E-state index < -0.39 is 78.7 Å². The Labute approximate surface area is 274 Å². The van der Waals surface area contributed by atoms with Crippen LogP contribution in [-0.4, -0.2) is 83.9 Å². The van der Waals surface area contributed by atoms with E-state index in [1.54, 1.807) is 30.3 Å². The number of ether oxygens (including phenoxy) is 3. The normalized spacial score (nSPS) is 40.0. The Morgan fingerprint density at radius 1 is 1.04 bits per heavy atom. The molecule has 1 saturated heterocycles. The third-order valence-corrected chi connectivity index (χ3v) is 17.5. The summed E-state index contributed by atoms with van der Waals surface area (Å²) in [5.41, 5.74) is -3.83. The number of carbonyl (C=O) groups is 2. The van der Waals surface area contributed by atoms with Gasteiger partial charge >= 0.3 is 11.9 Å². The highest BCUT2D eigenvalue weighted by Crippen LogP contribution is 2.66. The number of hydrogen-bond donors (Lipinski definition) is 3. The summed E-state index contributed by atoms with van der Waals surface area (Å²) in [6.07, 6.45) is -4.78. The lowest BCUT2D eigenvalue weighted by Gasteiger charge is -2.70. The van der Waals surface area contributed by atoms with Crippen molar-refractivity contribution in [3.63, 3.8) is 0 Å². The molecule has 256 valence electrons. The van der Waals surface area contributed by atoms with Gasteiger partial charge in [0.1, 0.15) is 23.9 Å². The van der Waals surface area contributed by atoms with Gasteiger partial charge in [0.2, 0.25) is 0 Å². The summed E-state index contributed by atoms with van der Waals surface area (Å²) >= 11 is 0. The number of aliphatic hydroxyl groups excluding tert-OH is 2. The number of aliphatic hydroxyl groups is 3. The minimum absolute atomic E-state index is 0.00187. The molecule has 3 fully saturated rings. The maximum atomic E-state index is 14.1. The molecule has 9 nitrogen and oxygen atoms in total. The fourth-order valence-corrected chi connectivity index (χ4v) is 12.6. The molecule has 0 aromatic heterocycles. The Morgan fingerprint density at radius 3 is 2.17 bits per heavy atom. The van der Waals surface area contributed by atoms with Crippen molar-refractivity contribution in [1.29, 1.82) is 0 Å². The maximum Gasteiger partial charge on any atom is 0.338 e. The maximum absolute atomic E-state index is 14.1. The third kappa shape index (κ3) is 4.96. The van der Waals surface area contributed by atoms with Crippen molar-refractivity contribution in [2.75, 3.05) is 6.61 Å². The molecule has 5 rings (SSSR count). The Bertz CT molecular complexity index is 1350. The molecule has 0 spiro atoms. The second kappa shape index (κ2) is 12.1. The smallest absolute Gasteiger partial charge is 0.338 e. The minimum Gasteiger partial charge on any atom is -0.455 e. The van der Waals surface area contributed by atoms with E-state index in [9.17, 15) is 24.9 Å². The standard InChI is InChI=1S/C36H54O9Si/c1-10-46(11-2,12-3)45-25-18-26-35(20-42-26,44-23(6)37)29-31(43-32(40)24-16-14-13-15-17-24)36(41)19-21(4)22(5)27(33(36,7)8)28(38)30(39)34(25,29)9/h13-17,21,25-26,28-31,38-39,41H,10-12,18-20H2,1-9H3/t21?,25?,26-,28+,29+,30+,31+,34-,35+,36-/m1/s1. The van der Waals surface area contributed by atoms with Crippen LogP contribution in [0.4, 0.5) is 0 Å². The molecule has 0 radical (unpaired) electrons. The van der Waals surface area contributed by atoms with Gasteiger partial charge < -0.3 is 34.0 Å². The van der Waals surface area contributed by atoms with Gasteiger partial charge in [-0.2, -0.15) is 0 Å². The average molecular weight is 659 g/mol. The Kier molecular flexibility index (Phi) is 9.27. The second-order valence-electron chi connectivity index (χ2n) is 15.1. The molecule has 2 unspecified atom stereocenters. The largest absolute Gasteiger partial charge is 0.455 e. The summed E-state index contributed by atoms with van der Waals surface area (Å²) in [6.45, 7) is 17.2. The first-order valence-electron chi connectivity index (χ1n) is 17.0. The number of esters is 2. The van der Waals surface area contributed by atoms with Crippen molar-refractivity contribution in [2.45, 2.75) is 135 Å². The zero-order valence-corrected chi connectivity index (χ0v) is 30.0. The van der Waals surface area contributed by atoms with E-state index in [2.05, 4.69) is 20.8 Å². The molecule has 3 aliphatic carbocycles. The first-order valence-corrected chi connectivity index (χ1v) is 19.6. The number of hydrogen-bond acceptors (Lipinski definition) is 9. The fraction of sp³-hybridized carbons (Fsp3) is 0.722. The van der Waals surface area contributed by atoms with Crippen LogP contribution in [0, 0.1) is 22.7 Å². The van der Waals surface area contributed by atoms with E-state index in [1.807, 2.05) is 34.6 Å². The minimum atomic E-state index is -2.34. The van der Waals surface area contributed by atoms with Gasteiger partial charge in [-0.05, 0) is 55.1 Å². The van der Waals surface area contributed by atoms with Crippen LogP contribution in [0.5, 0.6) is 0 Å². The van der Waals surface area contributed by atoms with Crippen LogP contribution < -0.4 is 0 Å². The van der Waals surface area contributed by atoms with Gasteiger partial charge in [0.15, 0.2) is 13.9 Å². The van der Waals surface area contributed by atoms with Gasteiger partial charge in [-0.1, -0.05) is 72.2 Å². The number of rotatable bonds is 8. The first kappa shape index (κ1) is 35.2. The Balaban J connectivity index is 1.83. The average Bonchev–Trinajstić information content (AvgIpc) is 3.01. The van der Waals surface area contributed by atoms with Gasteiger partial charge in [0.25, 0.3) is 0 Å². The summed E-state index contributed by atoms with van der Waals surface area (Å²) in [6, 6.07) is 11.2.